The van der Waals surface area contributed by atoms with Crippen LogP contribution in [0.1, 0.15) is 33.6 Å². The molecule has 2 heterocycles. The second kappa shape index (κ2) is 4.84. The van der Waals surface area contributed by atoms with E-state index in [2.05, 4.69) is 5.32 Å². The Hall–Kier alpha value is -0.770. The lowest BCUT2D eigenvalue weighted by atomic mass is 9.81. The highest BCUT2D eigenvalue weighted by Crippen LogP contribution is 2.28. The maximum atomic E-state index is 12.0. The van der Waals surface area contributed by atoms with Gasteiger partial charge in [0.15, 0.2) is 0 Å². The van der Waals surface area contributed by atoms with E-state index in [0.717, 1.165) is 38.5 Å². The number of nitrogens with one attached hydrogen (secondary N) is 1. The van der Waals surface area contributed by atoms with Crippen molar-refractivity contribution < 1.29 is 9.53 Å². The molecule has 0 aromatic heterocycles. The molecule has 2 atom stereocenters. The first-order chi connectivity index (χ1) is 7.96. The summed E-state index contributed by atoms with van der Waals surface area (Å²) in [5.74, 6) is 1.42. The van der Waals surface area contributed by atoms with Gasteiger partial charge in [0.1, 0.15) is 5.60 Å². The van der Waals surface area contributed by atoms with Gasteiger partial charge in [0.25, 0.3) is 0 Å². The van der Waals surface area contributed by atoms with Crippen molar-refractivity contribution >= 4 is 6.09 Å². The summed E-state index contributed by atoms with van der Waals surface area (Å²) in [6.45, 7) is 9.64. The molecule has 1 N–H and O–H groups in total. The van der Waals surface area contributed by atoms with E-state index in [9.17, 15) is 4.79 Å². The van der Waals surface area contributed by atoms with Crippen molar-refractivity contribution in [3.63, 3.8) is 0 Å². The smallest absolute Gasteiger partial charge is 0.410 e. The third kappa shape index (κ3) is 3.35. The molecule has 2 fully saturated rings. The molecule has 4 heteroatoms. The van der Waals surface area contributed by atoms with Crippen molar-refractivity contribution in [2.75, 3.05) is 26.2 Å². The molecular formula is C13H24N2O2. The summed E-state index contributed by atoms with van der Waals surface area (Å²) >= 11 is 0. The first kappa shape index (κ1) is 12.7. The zero-order valence-electron chi connectivity index (χ0n) is 11.2. The quantitative estimate of drug-likeness (QED) is 0.702. The van der Waals surface area contributed by atoms with Crippen LogP contribution in [-0.4, -0.2) is 42.8 Å². The summed E-state index contributed by atoms with van der Waals surface area (Å²) in [6.07, 6.45) is 2.24. The summed E-state index contributed by atoms with van der Waals surface area (Å²) in [7, 11) is 0. The van der Waals surface area contributed by atoms with Gasteiger partial charge in [0.05, 0.1) is 0 Å². The Balaban J connectivity index is 1.89. The topological polar surface area (TPSA) is 41.6 Å². The Morgan fingerprint density at radius 2 is 2.06 bits per heavy atom. The molecule has 0 spiro atoms. The Morgan fingerprint density at radius 1 is 1.29 bits per heavy atom. The SMILES string of the molecule is CC(C)(C)OC(=O)N1CC[C@@H]2CCNC[C@H]2C1. The third-order valence-electron chi connectivity index (χ3n) is 3.64. The van der Waals surface area contributed by atoms with Gasteiger partial charge in [0.2, 0.25) is 0 Å². The number of hydrogen-bond acceptors (Lipinski definition) is 3. The number of carbonyl (C=O) groups excluding carboxylic acids is 1. The van der Waals surface area contributed by atoms with Crippen molar-refractivity contribution in [2.24, 2.45) is 11.8 Å². The first-order valence-electron chi connectivity index (χ1n) is 6.64. The van der Waals surface area contributed by atoms with E-state index in [1.54, 1.807) is 0 Å². The first-order valence-corrected chi connectivity index (χ1v) is 6.64. The molecule has 4 nitrogen and oxygen atoms in total. The van der Waals surface area contributed by atoms with Gasteiger partial charge in [-0.3, -0.25) is 0 Å². The van der Waals surface area contributed by atoms with E-state index in [-0.39, 0.29) is 6.09 Å². The predicted octanol–water partition coefficient (Wildman–Crippen LogP) is 1.85. The van der Waals surface area contributed by atoms with E-state index in [1.807, 2.05) is 25.7 Å². The van der Waals surface area contributed by atoms with Gasteiger partial charge in [-0.1, -0.05) is 0 Å². The molecule has 17 heavy (non-hydrogen) atoms. The van der Waals surface area contributed by atoms with Crippen LogP contribution in [0.2, 0.25) is 0 Å². The predicted molar refractivity (Wildman–Crippen MR) is 66.9 cm³/mol. The minimum atomic E-state index is -0.390. The lowest BCUT2D eigenvalue weighted by Gasteiger charge is -2.41. The molecule has 0 bridgehead atoms. The monoisotopic (exact) mass is 240 g/mol. The number of carbonyl (C=O) groups is 1. The second-order valence-electron chi connectivity index (χ2n) is 6.23. The Morgan fingerprint density at radius 3 is 2.76 bits per heavy atom. The van der Waals surface area contributed by atoms with Crippen LogP contribution in [0.5, 0.6) is 0 Å². The molecule has 2 aliphatic rings. The molecule has 98 valence electrons. The maximum absolute atomic E-state index is 12.0. The fourth-order valence-corrected chi connectivity index (χ4v) is 2.76. The zero-order chi connectivity index (χ0) is 12.5. The number of nitrogens with zero attached hydrogens (tertiary/aromatic N) is 1. The summed E-state index contributed by atoms with van der Waals surface area (Å²) in [4.78, 5) is 13.8. The standard InChI is InChI=1S/C13H24N2O2/c1-13(2,3)17-12(16)15-7-5-10-4-6-14-8-11(10)9-15/h10-11,14H,4-9H2,1-3H3/t10-,11-/m0/s1. The molecule has 2 aliphatic heterocycles. The summed E-state index contributed by atoms with van der Waals surface area (Å²) < 4.78 is 5.42. The molecule has 0 aromatic carbocycles. The number of ether oxygens (including phenoxy) is 1. The minimum absolute atomic E-state index is 0.151. The van der Waals surface area contributed by atoms with E-state index in [4.69, 9.17) is 4.74 Å². The molecular weight excluding hydrogens is 216 g/mol. The van der Waals surface area contributed by atoms with Crippen LogP contribution in [0.4, 0.5) is 4.79 Å². The van der Waals surface area contributed by atoms with Crippen LogP contribution in [-0.2, 0) is 4.74 Å². The van der Waals surface area contributed by atoms with Crippen molar-refractivity contribution in [1.82, 2.24) is 10.2 Å². The van der Waals surface area contributed by atoms with E-state index in [1.165, 1.54) is 6.42 Å². The minimum Gasteiger partial charge on any atom is -0.444 e. The number of rotatable bonds is 0. The van der Waals surface area contributed by atoms with Crippen molar-refractivity contribution in [2.45, 2.75) is 39.2 Å². The number of likely N-dealkylation sites (tertiary alicyclic amines) is 1. The number of piperidine rings is 2. The lowest BCUT2D eigenvalue weighted by Crippen LogP contribution is -2.51. The van der Waals surface area contributed by atoms with Crippen LogP contribution in [0, 0.1) is 11.8 Å². The van der Waals surface area contributed by atoms with E-state index >= 15 is 0 Å². The number of fused-ring (bicyclic) bond motifs is 1. The van der Waals surface area contributed by atoms with Crippen molar-refractivity contribution in [3.8, 4) is 0 Å². The van der Waals surface area contributed by atoms with Crippen molar-refractivity contribution in [3.05, 3.63) is 0 Å². The van der Waals surface area contributed by atoms with Crippen LogP contribution < -0.4 is 5.32 Å². The lowest BCUT2D eigenvalue weighted by molar-refractivity contribution is 0.00738. The average molecular weight is 240 g/mol. The van der Waals surface area contributed by atoms with Gasteiger partial charge in [-0.05, 0) is 58.5 Å². The molecule has 1 amide bonds. The highest BCUT2D eigenvalue weighted by Gasteiger charge is 2.34. The van der Waals surface area contributed by atoms with Gasteiger partial charge < -0.3 is 15.0 Å². The molecule has 0 aromatic rings. The fraction of sp³-hybridized carbons (Fsp3) is 0.923. The Labute approximate surface area is 104 Å². The Kier molecular flexibility index (Phi) is 3.61. The molecule has 0 radical (unpaired) electrons. The maximum Gasteiger partial charge on any atom is 0.410 e. The van der Waals surface area contributed by atoms with Gasteiger partial charge >= 0.3 is 6.09 Å². The summed E-state index contributed by atoms with van der Waals surface area (Å²) in [5.41, 5.74) is -0.390. The van der Waals surface area contributed by atoms with Crippen molar-refractivity contribution in [1.29, 1.82) is 0 Å². The summed E-state index contributed by atoms with van der Waals surface area (Å²) in [5, 5.41) is 3.41. The number of amides is 1. The average Bonchev–Trinajstić information content (AvgIpc) is 2.26. The Bertz CT molecular complexity index is 286. The van der Waals surface area contributed by atoms with Crippen LogP contribution in [0.25, 0.3) is 0 Å². The second-order valence-corrected chi connectivity index (χ2v) is 6.23. The van der Waals surface area contributed by atoms with Crippen LogP contribution in [0.3, 0.4) is 0 Å². The fourth-order valence-electron chi connectivity index (χ4n) is 2.76. The van der Waals surface area contributed by atoms with Gasteiger partial charge in [-0.15, -0.1) is 0 Å². The number of hydrogen-bond donors (Lipinski definition) is 1. The molecule has 0 saturated carbocycles. The highest BCUT2D eigenvalue weighted by atomic mass is 16.6. The van der Waals surface area contributed by atoms with Crippen LogP contribution in [0.15, 0.2) is 0 Å². The van der Waals surface area contributed by atoms with E-state index < -0.39 is 5.60 Å². The van der Waals surface area contributed by atoms with Gasteiger partial charge in [-0.2, -0.15) is 0 Å². The van der Waals surface area contributed by atoms with Crippen LogP contribution >= 0.6 is 0 Å². The van der Waals surface area contributed by atoms with E-state index in [0.29, 0.717) is 5.92 Å². The normalized spacial score (nSPS) is 29.7. The zero-order valence-corrected chi connectivity index (χ0v) is 11.2. The largest absolute Gasteiger partial charge is 0.444 e. The van der Waals surface area contributed by atoms with Gasteiger partial charge in [0, 0.05) is 13.1 Å². The molecule has 0 unspecified atom stereocenters. The molecule has 0 aliphatic carbocycles. The molecule has 2 rings (SSSR count). The molecule has 2 saturated heterocycles. The van der Waals surface area contributed by atoms with Gasteiger partial charge in [-0.25, -0.2) is 4.79 Å². The third-order valence-corrected chi connectivity index (χ3v) is 3.64. The highest BCUT2D eigenvalue weighted by molar-refractivity contribution is 5.68. The summed E-state index contributed by atoms with van der Waals surface area (Å²) in [6, 6.07) is 0.